The molecule has 0 spiro atoms. The molecule has 0 aliphatic heterocycles. The molecule has 2 aromatic rings. The second-order valence-corrected chi connectivity index (χ2v) is 12.6. The summed E-state index contributed by atoms with van der Waals surface area (Å²) in [4.78, 5) is 50.2. The molecule has 0 saturated carbocycles. The molecule has 11 nitrogen and oxygen atoms in total. The van der Waals surface area contributed by atoms with Crippen molar-refractivity contribution >= 4 is 35.3 Å². The minimum Gasteiger partial charge on any atom is -0.508 e. The number of nitrogens with two attached hydrogens (primary N) is 1. The number of carbonyl (C=O) groups excluding carboxylic acids is 3. The Kier molecular flexibility index (Phi) is 16.3. The van der Waals surface area contributed by atoms with Crippen LogP contribution < -0.4 is 21.1 Å². The number of nitrogens with one attached hydrogen (secondary N) is 2. The van der Waals surface area contributed by atoms with Crippen LogP contribution in [0.2, 0.25) is 0 Å². The zero-order valence-corrected chi connectivity index (χ0v) is 27.1. The number of aliphatic carboxylic acids is 1. The number of carboxylic acid groups (broad SMARTS) is 1. The highest BCUT2D eigenvalue weighted by Gasteiger charge is 2.26. The van der Waals surface area contributed by atoms with Crippen LogP contribution in [0.25, 0.3) is 0 Å². The molecule has 0 heterocycles. The summed E-state index contributed by atoms with van der Waals surface area (Å²) in [5.41, 5.74) is 7.32. The summed E-state index contributed by atoms with van der Waals surface area (Å²) in [6.45, 7) is 3.92. The number of hydrogen-bond acceptors (Lipinski definition) is 9. The first-order valence-corrected chi connectivity index (χ1v) is 16.3. The SMILES string of the molecule is CCCCCC(CC(=O)CCc1ccc(O)c(OC)c1)SCC(NC(=O)CC(N)C(=O)O)C(=O)NC(C)Cc1ccc(O)cc1. The number of ether oxygens (including phenoxy) is 1. The Balaban J connectivity index is 2.08. The summed E-state index contributed by atoms with van der Waals surface area (Å²) in [5, 5.41) is 34.0. The van der Waals surface area contributed by atoms with Gasteiger partial charge in [0.05, 0.1) is 13.5 Å². The van der Waals surface area contributed by atoms with E-state index in [9.17, 15) is 29.4 Å². The maximum absolute atomic E-state index is 13.4. The number of Topliss-reactive ketones (excluding diaryl/α,β-unsaturated/α-hetero) is 1. The van der Waals surface area contributed by atoms with E-state index in [4.69, 9.17) is 15.6 Å². The van der Waals surface area contributed by atoms with Crippen LogP contribution in [0.3, 0.4) is 0 Å². The number of amides is 2. The van der Waals surface area contributed by atoms with E-state index in [1.54, 1.807) is 36.4 Å². The van der Waals surface area contributed by atoms with Crippen LogP contribution in [0.1, 0.15) is 69.9 Å². The second kappa shape index (κ2) is 19.6. The summed E-state index contributed by atoms with van der Waals surface area (Å²) in [5.74, 6) is -1.62. The molecule has 0 radical (unpaired) electrons. The topological polar surface area (TPSA) is 188 Å². The van der Waals surface area contributed by atoms with Crippen molar-refractivity contribution in [3.63, 3.8) is 0 Å². The number of carboxylic acids is 1. The standard InChI is InChI=1S/C33H47N3O8S/c1-4-5-6-7-26(18-25(38)14-10-23-11-15-29(39)30(17-23)44-3)45-20-28(36-31(40)19-27(34)33(42)43)32(41)35-21(2)16-22-8-12-24(37)13-9-22/h8-9,11-13,15,17,21,26-28,37,39H,4-7,10,14,16,18-20,34H2,1-3H3,(H,35,41)(H,36,40)(H,42,43). The fraction of sp³-hybridized carbons (Fsp3) is 0.515. The highest BCUT2D eigenvalue weighted by atomic mass is 32.2. The van der Waals surface area contributed by atoms with Crippen LogP contribution in [0, 0.1) is 0 Å². The molecule has 2 aromatic carbocycles. The number of phenols is 2. The lowest BCUT2D eigenvalue weighted by molar-refractivity contribution is -0.140. The molecule has 0 aliphatic carbocycles. The number of aryl methyl sites for hydroxylation is 1. The third-order valence-corrected chi connectivity index (χ3v) is 8.66. The molecule has 0 aromatic heterocycles. The molecule has 248 valence electrons. The number of ketones is 1. The Hall–Kier alpha value is -3.77. The first kappa shape index (κ1) is 37.4. The fourth-order valence-electron chi connectivity index (χ4n) is 4.72. The molecule has 2 rings (SSSR count). The minimum atomic E-state index is -1.40. The van der Waals surface area contributed by atoms with E-state index in [-0.39, 0.29) is 34.3 Å². The Morgan fingerprint density at radius 1 is 0.978 bits per heavy atom. The number of carbonyl (C=O) groups is 4. The quantitative estimate of drug-likeness (QED) is 0.109. The lowest BCUT2D eigenvalue weighted by Gasteiger charge is -2.24. The van der Waals surface area contributed by atoms with Gasteiger partial charge in [-0.1, -0.05) is 44.4 Å². The third kappa shape index (κ3) is 14.3. The van der Waals surface area contributed by atoms with Crippen molar-refractivity contribution in [3.8, 4) is 17.2 Å². The molecular formula is C33H47N3O8S. The highest BCUT2D eigenvalue weighted by Crippen LogP contribution is 2.28. The van der Waals surface area contributed by atoms with Crippen LogP contribution >= 0.6 is 11.8 Å². The Labute approximate surface area is 269 Å². The van der Waals surface area contributed by atoms with Gasteiger partial charge in [-0.25, -0.2) is 0 Å². The van der Waals surface area contributed by atoms with Gasteiger partial charge in [-0.15, -0.1) is 0 Å². The van der Waals surface area contributed by atoms with Crippen LogP contribution in [0.4, 0.5) is 0 Å². The molecular weight excluding hydrogens is 598 g/mol. The van der Waals surface area contributed by atoms with Crippen molar-refractivity contribution in [1.82, 2.24) is 10.6 Å². The van der Waals surface area contributed by atoms with E-state index in [0.717, 1.165) is 36.8 Å². The van der Waals surface area contributed by atoms with E-state index in [0.29, 0.717) is 31.4 Å². The van der Waals surface area contributed by atoms with Crippen LogP contribution in [-0.4, -0.2) is 75.1 Å². The molecule has 45 heavy (non-hydrogen) atoms. The molecule has 12 heteroatoms. The number of thioether (sulfide) groups is 1. The molecule has 0 aliphatic rings. The van der Waals surface area contributed by atoms with Crippen molar-refractivity contribution in [2.45, 2.75) is 95.0 Å². The molecule has 0 fully saturated rings. The van der Waals surface area contributed by atoms with Gasteiger partial charge in [-0.05, 0) is 61.6 Å². The third-order valence-electron chi connectivity index (χ3n) is 7.26. The molecule has 4 unspecified atom stereocenters. The summed E-state index contributed by atoms with van der Waals surface area (Å²) in [7, 11) is 1.47. The van der Waals surface area contributed by atoms with Crippen molar-refractivity contribution in [2.24, 2.45) is 5.73 Å². The van der Waals surface area contributed by atoms with Crippen LogP contribution in [0.15, 0.2) is 42.5 Å². The Morgan fingerprint density at radius 3 is 2.31 bits per heavy atom. The number of benzene rings is 2. The summed E-state index contributed by atoms with van der Waals surface area (Å²) in [6, 6.07) is 8.98. The zero-order valence-electron chi connectivity index (χ0n) is 26.3. The zero-order chi connectivity index (χ0) is 33.4. The summed E-state index contributed by atoms with van der Waals surface area (Å²) >= 11 is 1.44. The van der Waals surface area contributed by atoms with Crippen LogP contribution in [-0.2, 0) is 32.0 Å². The van der Waals surface area contributed by atoms with Gasteiger partial charge in [0.25, 0.3) is 0 Å². The van der Waals surface area contributed by atoms with E-state index in [1.807, 2.05) is 6.92 Å². The number of aromatic hydroxyl groups is 2. The second-order valence-electron chi connectivity index (χ2n) is 11.2. The van der Waals surface area contributed by atoms with E-state index < -0.39 is 36.3 Å². The molecule has 7 N–H and O–H groups in total. The lowest BCUT2D eigenvalue weighted by atomic mass is 10.0. The number of methoxy groups -OCH3 is 1. The van der Waals surface area contributed by atoms with E-state index in [2.05, 4.69) is 17.6 Å². The van der Waals surface area contributed by atoms with Gasteiger partial charge in [0.1, 0.15) is 23.6 Å². The molecule has 0 saturated heterocycles. The number of hydrogen-bond donors (Lipinski definition) is 6. The van der Waals surface area contributed by atoms with E-state index >= 15 is 0 Å². The van der Waals surface area contributed by atoms with Crippen molar-refractivity contribution in [1.29, 1.82) is 0 Å². The molecule has 4 atom stereocenters. The van der Waals surface area contributed by atoms with Gasteiger partial charge >= 0.3 is 5.97 Å². The highest BCUT2D eigenvalue weighted by molar-refractivity contribution is 8.00. The van der Waals surface area contributed by atoms with Gasteiger partial charge in [-0.3, -0.25) is 19.2 Å². The van der Waals surface area contributed by atoms with Gasteiger partial charge in [0.15, 0.2) is 11.5 Å². The van der Waals surface area contributed by atoms with Crippen LogP contribution in [0.5, 0.6) is 17.2 Å². The largest absolute Gasteiger partial charge is 0.508 e. The van der Waals surface area contributed by atoms with Gasteiger partial charge in [0.2, 0.25) is 11.8 Å². The predicted molar refractivity (Wildman–Crippen MR) is 175 cm³/mol. The number of rotatable bonds is 21. The summed E-state index contributed by atoms with van der Waals surface area (Å²) < 4.78 is 5.16. The number of phenolic OH excluding ortho intramolecular Hbond substituents is 2. The van der Waals surface area contributed by atoms with E-state index in [1.165, 1.54) is 24.9 Å². The van der Waals surface area contributed by atoms with Gasteiger partial charge in [0, 0.05) is 29.9 Å². The average molecular weight is 646 g/mol. The lowest BCUT2D eigenvalue weighted by Crippen LogP contribution is -2.52. The average Bonchev–Trinajstić information content (AvgIpc) is 2.99. The molecule has 2 amide bonds. The normalized spacial score (nSPS) is 13.7. The predicted octanol–water partition coefficient (Wildman–Crippen LogP) is 3.71. The first-order chi connectivity index (χ1) is 21.4. The first-order valence-electron chi connectivity index (χ1n) is 15.3. The maximum atomic E-state index is 13.4. The number of unbranched alkanes of at least 4 members (excludes halogenated alkanes) is 2. The van der Waals surface area contributed by atoms with Crippen molar-refractivity contribution in [3.05, 3.63) is 53.6 Å². The monoisotopic (exact) mass is 645 g/mol. The smallest absolute Gasteiger partial charge is 0.321 e. The Bertz CT molecular complexity index is 1260. The summed E-state index contributed by atoms with van der Waals surface area (Å²) in [6.07, 6.45) is 4.80. The van der Waals surface area contributed by atoms with Gasteiger partial charge < -0.3 is 36.4 Å². The fourth-order valence-corrected chi connectivity index (χ4v) is 6.06. The molecule has 0 bridgehead atoms. The maximum Gasteiger partial charge on any atom is 0.321 e. The van der Waals surface area contributed by atoms with Crippen molar-refractivity contribution in [2.75, 3.05) is 12.9 Å². The van der Waals surface area contributed by atoms with Crippen molar-refractivity contribution < 1.29 is 39.2 Å². The Morgan fingerprint density at radius 2 is 1.67 bits per heavy atom. The van der Waals surface area contributed by atoms with Gasteiger partial charge in [-0.2, -0.15) is 11.8 Å². The minimum absolute atomic E-state index is 0.0327.